The lowest BCUT2D eigenvalue weighted by Crippen LogP contribution is -2.48. The summed E-state index contributed by atoms with van der Waals surface area (Å²) < 4.78 is 0. The van der Waals surface area contributed by atoms with Crippen LogP contribution in [-0.4, -0.2) is 85.1 Å². The van der Waals surface area contributed by atoms with E-state index in [-0.39, 0.29) is 11.9 Å². The van der Waals surface area contributed by atoms with E-state index >= 15 is 0 Å². The van der Waals surface area contributed by atoms with Crippen molar-refractivity contribution in [3.63, 3.8) is 0 Å². The topological polar surface area (TPSA) is 115 Å². The molecule has 1 aliphatic heterocycles. The Bertz CT molecular complexity index is 1010. The molecule has 1 saturated heterocycles. The van der Waals surface area contributed by atoms with Crippen LogP contribution in [0.1, 0.15) is 24.6 Å². The number of benzene rings is 1. The Hall–Kier alpha value is -3.24. The monoisotopic (exact) mass is 482 g/mol. The van der Waals surface area contributed by atoms with Crippen molar-refractivity contribution in [2.75, 3.05) is 69.3 Å². The second kappa shape index (κ2) is 11.9. The molecule has 1 fully saturated rings. The number of carbonyl (C=O) groups is 2. The van der Waals surface area contributed by atoms with Crippen molar-refractivity contribution >= 4 is 29.4 Å². The van der Waals surface area contributed by atoms with Gasteiger partial charge in [-0.15, -0.1) is 0 Å². The van der Waals surface area contributed by atoms with Crippen LogP contribution >= 0.6 is 0 Å². The number of hydrogen-bond donors (Lipinski definition) is 4. The van der Waals surface area contributed by atoms with Crippen LogP contribution in [0.4, 0.5) is 22.2 Å². The number of aromatic nitrogens is 2. The zero-order valence-electron chi connectivity index (χ0n) is 21.4. The van der Waals surface area contributed by atoms with Crippen molar-refractivity contribution < 1.29 is 9.59 Å². The molecule has 1 aliphatic rings. The standard InChI is InChI=1S/C25H38N8O2/c1-6-33-13-11-25(17-33,22(34)26-12-14-32(4)5)16-27-21-15-19(3)28-23(30-21)31-24(35)29-20-9-7-18(2)8-10-20/h7-10,15H,6,11-14,16-17H2,1-5H3,(H,26,34)(H3,27,28,29,30,31,35). The summed E-state index contributed by atoms with van der Waals surface area (Å²) in [5.74, 6) is 0.825. The number of likely N-dealkylation sites (tertiary alicyclic amines) is 1. The molecule has 3 amide bonds. The van der Waals surface area contributed by atoms with E-state index < -0.39 is 11.4 Å². The first-order chi connectivity index (χ1) is 16.7. The van der Waals surface area contributed by atoms with Gasteiger partial charge >= 0.3 is 6.03 Å². The maximum Gasteiger partial charge on any atom is 0.326 e. The van der Waals surface area contributed by atoms with Crippen LogP contribution in [-0.2, 0) is 4.79 Å². The summed E-state index contributed by atoms with van der Waals surface area (Å²) >= 11 is 0. The summed E-state index contributed by atoms with van der Waals surface area (Å²) in [6, 6.07) is 8.92. The SMILES string of the molecule is CCN1CCC(CNc2cc(C)nc(NC(=O)Nc3ccc(C)cc3)n2)(C(=O)NCCN(C)C)C1. The van der Waals surface area contributed by atoms with Gasteiger partial charge in [-0.25, -0.2) is 9.78 Å². The highest BCUT2D eigenvalue weighted by Gasteiger charge is 2.44. The lowest BCUT2D eigenvalue weighted by atomic mass is 9.85. The summed E-state index contributed by atoms with van der Waals surface area (Å²) in [7, 11) is 3.98. The molecule has 0 saturated carbocycles. The molecule has 3 rings (SSSR count). The Kier molecular flexibility index (Phi) is 9.00. The van der Waals surface area contributed by atoms with Crippen LogP contribution in [0.3, 0.4) is 0 Å². The molecule has 0 radical (unpaired) electrons. The second-order valence-electron chi connectivity index (χ2n) is 9.48. The van der Waals surface area contributed by atoms with Crippen molar-refractivity contribution in [2.24, 2.45) is 5.41 Å². The van der Waals surface area contributed by atoms with E-state index in [0.717, 1.165) is 31.6 Å². The van der Waals surface area contributed by atoms with Crippen LogP contribution in [0.15, 0.2) is 30.3 Å². The molecule has 1 unspecified atom stereocenters. The first-order valence-electron chi connectivity index (χ1n) is 12.1. The quantitative estimate of drug-likeness (QED) is 0.411. The largest absolute Gasteiger partial charge is 0.369 e. The van der Waals surface area contributed by atoms with Gasteiger partial charge < -0.3 is 25.8 Å². The number of urea groups is 1. The molecule has 0 aliphatic carbocycles. The smallest absolute Gasteiger partial charge is 0.326 e. The Morgan fingerprint density at radius 1 is 1.11 bits per heavy atom. The number of nitrogens with zero attached hydrogens (tertiary/aromatic N) is 4. The average Bonchev–Trinajstić information content (AvgIpc) is 3.23. The van der Waals surface area contributed by atoms with Gasteiger partial charge in [0, 0.05) is 43.6 Å². The molecule has 10 heteroatoms. The van der Waals surface area contributed by atoms with E-state index in [4.69, 9.17) is 0 Å². The zero-order chi connectivity index (χ0) is 25.4. The van der Waals surface area contributed by atoms with Gasteiger partial charge in [0.05, 0.1) is 5.41 Å². The molecular formula is C25H38N8O2. The lowest BCUT2D eigenvalue weighted by molar-refractivity contribution is -0.129. The molecule has 0 spiro atoms. The third kappa shape index (κ3) is 7.63. The highest BCUT2D eigenvalue weighted by molar-refractivity contribution is 5.98. The van der Waals surface area contributed by atoms with E-state index in [1.165, 1.54) is 0 Å². The molecule has 2 heterocycles. The van der Waals surface area contributed by atoms with Gasteiger partial charge in [0.25, 0.3) is 0 Å². The minimum Gasteiger partial charge on any atom is -0.369 e. The zero-order valence-corrected chi connectivity index (χ0v) is 21.4. The fraction of sp³-hybridized carbons (Fsp3) is 0.520. The molecule has 1 aromatic carbocycles. The molecule has 190 valence electrons. The summed E-state index contributed by atoms with van der Waals surface area (Å²) in [4.78, 5) is 38.8. The van der Waals surface area contributed by atoms with Crippen LogP contribution in [0.5, 0.6) is 0 Å². The molecule has 4 N–H and O–H groups in total. The van der Waals surface area contributed by atoms with Gasteiger partial charge in [-0.1, -0.05) is 24.6 Å². The Labute approximate surface area is 207 Å². The van der Waals surface area contributed by atoms with Crippen LogP contribution < -0.4 is 21.3 Å². The predicted octanol–water partition coefficient (Wildman–Crippen LogP) is 2.54. The Balaban J connectivity index is 1.65. The van der Waals surface area contributed by atoms with E-state index in [0.29, 0.717) is 36.8 Å². The Morgan fingerprint density at radius 3 is 2.51 bits per heavy atom. The molecule has 0 bridgehead atoms. The summed E-state index contributed by atoms with van der Waals surface area (Å²) in [5.41, 5.74) is 1.96. The fourth-order valence-corrected chi connectivity index (χ4v) is 4.09. The van der Waals surface area contributed by atoms with Crippen LogP contribution in [0.2, 0.25) is 0 Å². The molecule has 1 atom stereocenters. The highest BCUT2D eigenvalue weighted by atomic mass is 16.2. The average molecular weight is 483 g/mol. The van der Waals surface area contributed by atoms with E-state index in [1.54, 1.807) is 0 Å². The van der Waals surface area contributed by atoms with Crippen LogP contribution in [0.25, 0.3) is 0 Å². The Morgan fingerprint density at radius 2 is 1.86 bits per heavy atom. The number of likely N-dealkylation sites (N-methyl/N-ethyl adjacent to an activating group) is 1. The number of rotatable bonds is 10. The van der Waals surface area contributed by atoms with Crippen LogP contribution in [0, 0.1) is 19.3 Å². The van der Waals surface area contributed by atoms with Crippen molar-refractivity contribution in [1.82, 2.24) is 25.1 Å². The normalized spacial score (nSPS) is 17.9. The number of aryl methyl sites for hydroxylation is 2. The van der Waals surface area contributed by atoms with E-state index in [1.807, 2.05) is 63.2 Å². The number of anilines is 3. The number of nitrogens with one attached hydrogen (secondary N) is 4. The molecule has 10 nitrogen and oxygen atoms in total. The first-order valence-corrected chi connectivity index (χ1v) is 12.1. The minimum absolute atomic E-state index is 0.0596. The fourth-order valence-electron chi connectivity index (χ4n) is 4.09. The van der Waals surface area contributed by atoms with Gasteiger partial charge in [0.2, 0.25) is 11.9 Å². The van der Waals surface area contributed by atoms with Gasteiger partial charge in [-0.2, -0.15) is 4.98 Å². The number of hydrogen-bond acceptors (Lipinski definition) is 7. The number of amides is 3. The van der Waals surface area contributed by atoms with Crippen molar-refractivity contribution in [3.8, 4) is 0 Å². The van der Waals surface area contributed by atoms with Crippen molar-refractivity contribution in [1.29, 1.82) is 0 Å². The van der Waals surface area contributed by atoms with Gasteiger partial charge in [-0.05, 0) is 59.6 Å². The maximum atomic E-state index is 13.2. The van der Waals surface area contributed by atoms with Gasteiger partial charge in [0.1, 0.15) is 5.82 Å². The third-order valence-corrected chi connectivity index (χ3v) is 6.20. The minimum atomic E-state index is -0.544. The summed E-state index contributed by atoms with van der Waals surface area (Å²) in [6.07, 6.45) is 0.774. The van der Waals surface area contributed by atoms with E-state index in [2.05, 4.69) is 43.1 Å². The number of carbonyl (C=O) groups excluding carboxylic acids is 2. The van der Waals surface area contributed by atoms with Crippen molar-refractivity contribution in [3.05, 3.63) is 41.6 Å². The van der Waals surface area contributed by atoms with E-state index in [9.17, 15) is 9.59 Å². The molecule has 2 aromatic rings. The van der Waals surface area contributed by atoms with Gasteiger partial charge in [0.15, 0.2) is 0 Å². The second-order valence-corrected chi connectivity index (χ2v) is 9.48. The highest BCUT2D eigenvalue weighted by Crippen LogP contribution is 2.31. The van der Waals surface area contributed by atoms with Gasteiger partial charge in [-0.3, -0.25) is 10.1 Å². The maximum absolute atomic E-state index is 13.2. The summed E-state index contributed by atoms with van der Waals surface area (Å²) in [5, 5.41) is 11.9. The predicted molar refractivity (Wildman–Crippen MR) is 140 cm³/mol. The third-order valence-electron chi connectivity index (χ3n) is 6.20. The lowest BCUT2D eigenvalue weighted by Gasteiger charge is -2.29. The molecule has 35 heavy (non-hydrogen) atoms. The first kappa shape index (κ1) is 26.4. The molecule has 1 aromatic heterocycles. The van der Waals surface area contributed by atoms with Crippen molar-refractivity contribution in [2.45, 2.75) is 27.2 Å². The summed E-state index contributed by atoms with van der Waals surface area (Å²) in [6.45, 7) is 10.3. The molecular weight excluding hydrogens is 444 g/mol.